The Morgan fingerprint density at radius 1 is 1.44 bits per heavy atom. The van der Waals surface area contributed by atoms with E-state index < -0.39 is 0 Å². The maximum Gasteiger partial charge on any atom is 0.155 e. The zero-order chi connectivity index (χ0) is 12.5. The van der Waals surface area contributed by atoms with Gasteiger partial charge in [-0.2, -0.15) is 0 Å². The number of piperidine rings is 1. The van der Waals surface area contributed by atoms with Crippen LogP contribution in [0.25, 0.3) is 5.52 Å². The number of halogens is 1. The van der Waals surface area contributed by atoms with Crippen LogP contribution in [0.2, 0.25) is 5.15 Å². The van der Waals surface area contributed by atoms with Crippen molar-refractivity contribution in [3.05, 3.63) is 29.2 Å². The SMILES string of the molecule is Nc1cccc2c(Cl)nc(CC3CCCCN3)n12. The van der Waals surface area contributed by atoms with Crippen LogP contribution >= 0.6 is 11.6 Å². The number of nitrogens with two attached hydrogens (primary N) is 1. The van der Waals surface area contributed by atoms with Gasteiger partial charge in [0.2, 0.25) is 0 Å². The lowest BCUT2D eigenvalue weighted by molar-refractivity contribution is 0.394. The van der Waals surface area contributed by atoms with E-state index in [0.717, 1.165) is 24.3 Å². The molecule has 1 atom stereocenters. The predicted molar refractivity (Wildman–Crippen MR) is 74.0 cm³/mol. The van der Waals surface area contributed by atoms with E-state index in [9.17, 15) is 0 Å². The molecule has 0 spiro atoms. The minimum atomic E-state index is 0.486. The minimum absolute atomic E-state index is 0.486. The van der Waals surface area contributed by atoms with Crippen LogP contribution in [-0.2, 0) is 6.42 Å². The molecule has 5 heteroatoms. The second kappa shape index (κ2) is 4.78. The molecule has 96 valence electrons. The standard InChI is InChI=1S/C13H17ClN4/c14-13-10-5-3-6-11(15)18(10)12(17-13)8-9-4-1-2-7-16-9/h3,5-6,9,16H,1-2,4,7-8,15H2. The summed E-state index contributed by atoms with van der Waals surface area (Å²) in [5, 5.41) is 4.06. The van der Waals surface area contributed by atoms with Crippen LogP contribution in [0.3, 0.4) is 0 Å². The number of nitrogens with one attached hydrogen (secondary N) is 1. The maximum absolute atomic E-state index is 6.16. The summed E-state index contributed by atoms with van der Waals surface area (Å²) in [7, 11) is 0. The third kappa shape index (κ3) is 2.06. The van der Waals surface area contributed by atoms with Crippen molar-refractivity contribution in [1.82, 2.24) is 14.7 Å². The summed E-state index contributed by atoms with van der Waals surface area (Å²) in [5.41, 5.74) is 6.91. The van der Waals surface area contributed by atoms with Crippen LogP contribution < -0.4 is 11.1 Å². The number of hydrogen-bond acceptors (Lipinski definition) is 3. The van der Waals surface area contributed by atoms with Gasteiger partial charge in [0.15, 0.2) is 5.15 Å². The molecule has 3 rings (SSSR count). The number of hydrogen-bond donors (Lipinski definition) is 2. The van der Waals surface area contributed by atoms with Gasteiger partial charge in [0.05, 0.1) is 5.52 Å². The van der Waals surface area contributed by atoms with Gasteiger partial charge in [0.1, 0.15) is 11.6 Å². The molecule has 1 unspecified atom stereocenters. The third-order valence-electron chi connectivity index (χ3n) is 3.56. The van der Waals surface area contributed by atoms with Crippen molar-refractivity contribution in [2.75, 3.05) is 12.3 Å². The lowest BCUT2D eigenvalue weighted by Gasteiger charge is -2.22. The molecule has 0 saturated carbocycles. The van der Waals surface area contributed by atoms with Crippen LogP contribution in [0.15, 0.2) is 18.2 Å². The number of anilines is 1. The van der Waals surface area contributed by atoms with E-state index >= 15 is 0 Å². The summed E-state index contributed by atoms with van der Waals surface area (Å²) in [6.07, 6.45) is 4.62. The highest BCUT2D eigenvalue weighted by Crippen LogP contribution is 2.23. The Morgan fingerprint density at radius 3 is 3.11 bits per heavy atom. The van der Waals surface area contributed by atoms with Crippen LogP contribution in [0.4, 0.5) is 5.82 Å². The molecule has 0 radical (unpaired) electrons. The fraction of sp³-hybridized carbons (Fsp3) is 0.462. The monoisotopic (exact) mass is 264 g/mol. The molecule has 3 N–H and O–H groups in total. The van der Waals surface area contributed by atoms with Gasteiger partial charge < -0.3 is 11.1 Å². The van der Waals surface area contributed by atoms with E-state index in [4.69, 9.17) is 17.3 Å². The number of rotatable bonds is 2. The summed E-state index contributed by atoms with van der Waals surface area (Å²) < 4.78 is 1.96. The molecule has 1 fully saturated rings. The zero-order valence-electron chi connectivity index (χ0n) is 10.2. The van der Waals surface area contributed by atoms with E-state index in [1.807, 2.05) is 22.6 Å². The van der Waals surface area contributed by atoms with Crippen molar-refractivity contribution in [1.29, 1.82) is 0 Å². The molecule has 0 bridgehead atoms. The lowest BCUT2D eigenvalue weighted by atomic mass is 10.0. The molecule has 0 aliphatic carbocycles. The number of aromatic nitrogens is 2. The Labute approximate surface area is 111 Å². The van der Waals surface area contributed by atoms with Gasteiger partial charge in [0.25, 0.3) is 0 Å². The minimum Gasteiger partial charge on any atom is -0.385 e. The topological polar surface area (TPSA) is 55.3 Å². The molecular formula is C13H17ClN4. The quantitative estimate of drug-likeness (QED) is 0.875. The van der Waals surface area contributed by atoms with Gasteiger partial charge >= 0.3 is 0 Å². The number of nitrogens with zero attached hydrogens (tertiary/aromatic N) is 2. The fourth-order valence-corrected chi connectivity index (χ4v) is 2.90. The number of imidazole rings is 1. The average molecular weight is 265 g/mol. The molecule has 4 nitrogen and oxygen atoms in total. The summed E-state index contributed by atoms with van der Waals surface area (Å²) in [6, 6.07) is 6.22. The van der Waals surface area contributed by atoms with Crippen LogP contribution in [-0.4, -0.2) is 22.0 Å². The van der Waals surface area contributed by atoms with E-state index in [1.165, 1.54) is 19.3 Å². The molecule has 2 aromatic heterocycles. The summed E-state index contributed by atoms with van der Waals surface area (Å²) in [4.78, 5) is 4.45. The van der Waals surface area contributed by atoms with Crippen molar-refractivity contribution < 1.29 is 0 Å². The third-order valence-corrected chi connectivity index (χ3v) is 3.84. The smallest absolute Gasteiger partial charge is 0.155 e. The first-order valence-corrected chi connectivity index (χ1v) is 6.78. The van der Waals surface area contributed by atoms with Crippen LogP contribution in [0.1, 0.15) is 25.1 Å². The van der Waals surface area contributed by atoms with Gasteiger partial charge in [-0.25, -0.2) is 4.98 Å². The Bertz CT molecular complexity index is 557. The molecule has 0 amide bonds. The van der Waals surface area contributed by atoms with Crippen molar-refractivity contribution in [2.45, 2.75) is 31.7 Å². The Balaban J connectivity index is 1.96. The van der Waals surface area contributed by atoms with Gasteiger partial charge in [-0.05, 0) is 31.5 Å². The number of pyridine rings is 1. The fourth-order valence-electron chi connectivity index (χ4n) is 2.65. The predicted octanol–water partition coefficient (Wildman–Crippen LogP) is 2.25. The highest BCUT2D eigenvalue weighted by Gasteiger charge is 2.18. The van der Waals surface area contributed by atoms with E-state index in [2.05, 4.69) is 10.3 Å². The summed E-state index contributed by atoms with van der Waals surface area (Å²) in [6.45, 7) is 1.09. The molecule has 1 aliphatic rings. The highest BCUT2D eigenvalue weighted by molar-refractivity contribution is 6.32. The normalized spacial score (nSPS) is 20.4. The second-order valence-corrected chi connectivity index (χ2v) is 5.20. The van der Waals surface area contributed by atoms with Crippen molar-refractivity contribution in [3.63, 3.8) is 0 Å². The molecule has 2 aromatic rings. The highest BCUT2D eigenvalue weighted by atomic mass is 35.5. The van der Waals surface area contributed by atoms with Gasteiger partial charge in [-0.15, -0.1) is 0 Å². The van der Waals surface area contributed by atoms with E-state index in [0.29, 0.717) is 17.0 Å². The zero-order valence-corrected chi connectivity index (χ0v) is 11.0. The van der Waals surface area contributed by atoms with Crippen LogP contribution in [0, 0.1) is 0 Å². The Morgan fingerprint density at radius 2 is 2.33 bits per heavy atom. The first-order valence-electron chi connectivity index (χ1n) is 6.40. The Hall–Kier alpha value is -1.26. The Kier molecular flexibility index (Phi) is 3.14. The molecule has 18 heavy (non-hydrogen) atoms. The maximum atomic E-state index is 6.16. The molecule has 0 aromatic carbocycles. The van der Waals surface area contributed by atoms with Crippen molar-refractivity contribution in [3.8, 4) is 0 Å². The summed E-state index contributed by atoms with van der Waals surface area (Å²) in [5.74, 6) is 1.64. The second-order valence-electron chi connectivity index (χ2n) is 4.84. The lowest BCUT2D eigenvalue weighted by Crippen LogP contribution is -2.36. The number of nitrogen functional groups attached to an aromatic ring is 1. The van der Waals surface area contributed by atoms with Gasteiger partial charge in [-0.3, -0.25) is 4.40 Å². The van der Waals surface area contributed by atoms with E-state index in [1.54, 1.807) is 0 Å². The molecule has 1 aliphatic heterocycles. The number of fused-ring (bicyclic) bond motifs is 1. The van der Waals surface area contributed by atoms with Crippen molar-refractivity contribution in [2.24, 2.45) is 0 Å². The first kappa shape index (κ1) is 11.8. The average Bonchev–Trinajstić information content (AvgIpc) is 2.69. The van der Waals surface area contributed by atoms with Gasteiger partial charge in [-0.1, -0.05) is 24.1 Å². The molecule has 3 heterocycles. The first-order chi connectivity index (χ1) is 8.75. The largest absolute Gasteiger partial charge is 0.385 e. The van der Waals surface area contributed by atoms with Gasteiger partial charge in [0, 0.05) is 12.5 Å². The molecule has 1 saturated heterocycles. The molecular weight excluding hydrogens is 248 g/mol. The van der Waals surface area contributed by atoms with Crippen molar-refractivity contribution >= 4 is 22.9 Å². The van der Waals surface area contributed by atoms with E-state index in [-0.39, 0.29) is 0 Å². The summed E-state index contributed by atoms with van der Waals surface area (Å²) >= 11 is 6.16. The van der Waals surface area contributed by atoms with Crippen LogP contribution in [0.5, 0.6) is 0 Å².